The van der Waals surface area contributed by atoms with Crippen LogP contribution in [-0.4, -0.2) is 31.6 Å². The van der Waals surface area contributed by atoms with Crippen LogP contribution in [0.3, 0.4) is 0 Å². The number of phenols is 2. The fourth-order valence-corrected chi connectivity index (χ4v) is 2.73. The Kier molecular flexibility index (Phi) is 3.39. The van der Waals surface area contributed by atoms with E-state index in [1.165, 1.54) is 6.07 Å². The number of rotatable bonds is 2. The van der Waals surface area contributed by atoms with E-state index in [9.17, 15) is 10.2 Å². The molecule has 1 aliphatic heterocycles. The van der Waals surface area contributed by atoms with E-state index in [0.29, 0.717) is 12.5 Å². The number of anilines is 1. The van der Waals surface area contributed by atoms with Crippen LogP contribution in [-0.2, 0) is 19.5 Å². The summed E-state index contributed by atoms with van der Waals surface area (Å²) in [7, 11) is 0. The van der Waals surface area contributed by atoms with E-state index < -0.39 is 0 Å². The van der Waals surface area contributed by atoms with Crippen LogP contribution < -0.4 is 5.73 Å². The smallest absolute Gasteiger partial charge is 0.220 e. The first-order chi connectivity index (χ1) is 10.0. The number of nitrogens with zero attached hydrogens (tertiary/aromatic N) is 3. The second-order valence-electron chi connectivity index (χ2n) is 5.42. The maximum atomic E-state index is 10.0. The zero-order valence-corrected chi connectivity index (χ0v) is 11.9. The Morgan fingerprint density at radius 1 is 1.33 bits per heavy atom. The number of benzene rings is 1. The molecule has 1 aliphatic rings. The Morgan fingerprint density at radius 2 is 2.14 bits per heavy atom. The number of aryl methyl sites for hydroxylation is 1. The topological polar surface area (TPSA) is 95.5 Å². The van der Waals surface area contributed by atoms with Crippen LogP contribution in [0.25, 0.3) is 0 Å². The number of fused-ring (bicyclic) bond motifs is 1. The number of nitrogens with two attached hydrogens (primary N) is 1. The molecule has 0 spiro atoms. The SMILES string of the molecule is Cc1cc(O)cc(O)c1CN1CCc2nc(N)ncc2C1. The average molecular weight is 286 g/mol. The maximum Gasteiger partial charge on any atom is 0.220 e. The van der Waals surface area contributed by atoms with Gasteiger partial charge in [0.05, 0.1) is 5.69 Å². The van der Waals surface area contributed by atoms with Crippen molar-refractivity contribution in [3.05, 3.63) is 40.7 Å². The number of nitrogen functional groups attached to an aromatic ring is 1. The standard InChI is InChI=1S/C15H18N4O2/c1-9-4-11(20)5-14(21)12(9)8-19-3-2-13-10(7-19)6-17-15(16)18-13/h4-6,20-21H,2-3,7-8H2,1H3,(H2,16,17,18). The molecular formula is C15H18N4O2. The van der Waals surface area contributed by atoms with Gasteiger partial charge in [-0.05, 0) is 18.6 Å². The molecule has 4 N–H and O–H groups in total. The van der Waals surface area contributed by atoms with Gasteiger partial charge in [0.15, 0.2) is 0 Å². The van der Waals surface area contributed by atoms with Crippen LogP contribution in [0.1, 0.15) is 22.4 Å². The Balaban J connectivity index is 1.80. The molecule has 2 heterocycles. The van der Waals surface area contributed by atoms with E-state index >= 15 is 0 Å². The third-order valence-corrected chi connectivity index (χ3v) is 3.85. The molecule has 2 aromatic rings. The van der Waals surface area contributed by atoms with Crippen molar-refractivity contribution in [3.63, 3.8) is 0 Å². The first-order valence-corrected chi connectivity index (χ1v) is 6.87. The van der Waals surface area contributed by atoms with Gasteiger partial charge in [0.1, 0.15) is 11.5 Å². The summed E-state index contributed by atoms with van der Waals surface area (Å²) in [5.41, 5.74) is 9.40. The van der Waals surface area contributed by atoms with E-state index in [0.717, 1.165) is 41.9 Å². The molecule has 0 aliphatic carbocycles. The zero-order valence-electron chi connectivity index (χ0n) is 11.9. The normalized spacial score (nSPS) is 14.9. The number of hydrogen-bond donors (Lipinski definition) is 3. The second kappa shape index (κ2) is 5.21. The summed E-state index contributed by atoms with van der Waals surface area (Å²) >= 11 is 0. The summed E-state index contributed by atoms with van der Waals surface area (Å²) < 4.78 is 0. The van der Waals surface area contributed by atoms with Gasteiger partial charge in [-0.15, -0.1) is 0 Å². The molecule has 3 rings (SSSR count). The maximum absolute atomic E-state index is 10.0. The number of aromatic nitrogens is 2. The number of aromatic hydroxyl groups is 2. The van der Waals surface area contributed by atoms with Gasteiger partial charge in [-0.1, -0.05) is 0 Å². The molecule has 0 unspecified atom stereocenters. The molecule has 0 radical (unpaired) electrons. The molecule has 110 valence electrons. The first-order valence-electron chi connectivity index (χ1n) is 6.87. The van der Waals surface area contributed by atoms with Gasteiger partial charge in [0.25, 0.3) is 0 Å². The van der Waals surface area contributed by atoms with Crippen molar-refractivity contribution < 1.29 is 10.2 Å². The summed E-state index contributed by atoms with van der Waals surface area (Å²) in [5.74, 6) is 0.530. The average Bonchev–Trinajstić information content (AvgIpc) is 2.43. The van der Waals surface area contributed by atoms with Crippen molar-refractivity contribution in [1.29, 1.82) is 0 Å². The lowest BCUT2D eigenvalue weighted by atomic mass is 10.0. The largest absolute Gasteiger partial charge is 0.508 e. The van der Waals surface area contributed by atoms with Crippen LogP contribution in [0.2, 0.25) is 0 Å². The van der Waals surface area contributed by atoms with Crippen LogP contribution in [0.15, 0.2) is 18.3 Å². The van der Waals surface area contributed by atoms with Crippen molar-refractivity contribution in [1.82, 2.24) is 14.9 Å². The lowest BCUT2D eigenvalue weighted by Crippen LogP contribution is -2.31. The quantitative estimate of drug-likeness (QED) is 0.771. The highest BCUT2D eigenvalue weighted by Crippen LogP contribution is 2.29. The van der Waals surface area contributed by atoms with Gasteiger partial charge in [0, 0.05) is 49.4 Å². The van der Waals surface area contributed by atoms with Crippen molar-refractivity contribution >= 4 is 5.95 Å². The van der Waals surface area contributed by atoms with Crippen LogP contribution >= 0.6 is 0 Å². The molecule has 0 bridgehead atoms. The molecular weight excluding hydrogens is 268 g/mol. The van der Waals surface area contributed by atoms with Gasteiger partial charge in [-0.3, -0.25) is 4.90 Å². The molecule has 21 heavy (non-hydrogen) atoms. The fraction of sp³-hybridized carbons (Fsp3) is 0.333. The third-order valence-electron chi connectivity index (χ3n) is 3.85. The van der Waals surface area contributed by atoms with E-state index in [1.807, 2.05) is 6.92 Å². The van der Waals surface area contributed by atoms with Gasteiger partial charge in [-0.25, -0.2) is 9.97 Å². The van der Waals surface area contributed by atoms with Crippen molar-refractivity contribution in [2.24, 2.45) is 0 Å². The highest BCUT2D eigenvalue weighted by Gasteiger charge is 2.20. The molecule has 0 saturated carbocycles. The summed E-state index contributed by atoms with van der Waals surface area (Å²) in [6, 6.07) is 3.04. The van der Waals surface area contributed by atoms with Crippen LogP contribution in [0.5, 0.6) is 11.5 Å². The number of phenolic OH excluding ortho intramolecular Hbond substituents is 2. The van der Waals surface area contributed by atoms with E-state index in [1.54, 1.807) is 12.3 Å². The van der Waals surface area contributed by atoms with E-state index in [2.05, 4.69) is 14.9 Å². The Hall–Kier alpha value is -2.34. The van der Waals surface area contributed by atoms with Crippen molar-refractivity contribution in [2.45, 2.75) is 26.4 Å². The Labute approximate surface area is 122 Å². The fourth-order valence-electron chi connectivity index (χ4n) is 2.73. The minimum atomic E-state index is 0.0848. The van der Waals surface area contributed by atoms with Gasteiger partial charge >= 0.3 is 0 Å². The van der Waals surface area contributed by atoms with Crippen LogP contribution in [0.4, 0.5) is 5.95 Å². The van der Waals surface area contributed by atoms with Crippen LogP contribution in [0, 0.1) is 6.92 Å². The molecule has 0 atom stereocenters. The molecule has 0 saturated heterocycles. The summed E-state index contributed by atoms with van der Waals surface area (Å²) in [6.07, 6.45) is 2.59. The highest BCUT2D eigenvalue weighted by atomic mass is 16.3. The Bertz CT molecular complexity index is 664. The monoisotopic (exact) mass is 286 g/mol. The molecule has 6 nitrogen and oxygen atoms in total. The molecule has 0 amide bonds. The minimum absolute atomic E-state index is 0.0848. The second-order valence-corrected chi connectivity index (χ2v) is 5.42. The molecule has 6 heteroatoms. The van der Waals surface area contributed by atoms with E-state index in [4.69, 9.17) is 5.73 Å². The zero-order chi connectivity index (χ0) is 15.0. The predicted octanol–water partition coefficient (Wildman–Crippen LogP) is 1.34. The van der Waals surface area contributed by atoms with Crippen molar-refractivity contribution in [2.75, 3.05) is 12.3 Å². The molecule has 0 fully saturated rings. The first kappa shape index (κ1) is 13.6. The van der Waals surface area contributed by atoms with Crippen molar-refractivity contribution in [3.8, 4) is 11.5 Å². The minimum Gasteiger partial charge on any atom is -0.508 e. The summed E-state index contributed by atoms with van der Waals surface area (Å²) in [5, 5.41) is 19.5. The lowest BCUT2D eigenvalue weighted by Gasteiger charge is -2.28. The van der Waals surface area contributed by atoms with Gasteiger partial charge in [-0.2, -0.15) is 0 Å². The summed E-state index contributed by atoms with van der Waals surface area (Å²) in [4.78, 5) is 10.5. The Morgan fingerprint density at radius 3 is 2.90 bits per heavy atom. The molecule has 1 aromatic heterocycles. The lowest BCUT2D eigenvalue weighted by molar-refractivity contribution is 0.239. The molecule has 1 aromatic carbocycles. The number of hydrogen-bond acceptors (Lipinski definition) is 6. The van der Waals surface area contributed by atoms with E-state index in [-0.39, 0.29) is 11.5 Å². The van der Waals surface area contributed by atoms with Gasteiger partial charge in [0.2, 0.25) is 5.95 Å². The highest BCUT2D eigenvalue weighted by molar-refractivity contribution is 5.44. The predicted molar refractivity (Wildman–Crippen MR) is 78.8 cm³/mol. The van der Waals surface area contributed by atoms with Gasteiger partial charge < -0.3 is 15.9 Å². The summed E-state index contributed by atoms with van der Waals surface area (Å²) in [6.45, 7) is 4.09. The third kappa shape index (κ3) is 2.75.